The van der Waals surface area contributed by atoms with Gasteiger partial charge in [0.05, 0.1) is 0 Å². The van der Waals surface area contributed by atoms with Crippen LogP contribution in [0.4, 0.5) is 11.8 Å². The molecule has 100 valence electrons. The fraction of sp³-hybridized carbons (Fsp3) is 0.333. The van der Waals surface area contributed by atoms with Gasteiger partial charge in [-0.25, -0.2) is 4.98 Å². The Kier molecular flexibility index (Phi) is 4.00. The summed E-state index contributed by atoms with van der Waals surface area (Å²) in [7, 11) is 3.89. The third-order valence-electron chi connectivity index (χ3n) is 3.20. The van der Waals surface area contributed by atoms with Crippen LogP contribution in [0.25, 0.3) is 0 Å². The second-order valence-corrected chi connectivity index (χ2v) is 4.73. The molecule has 2 aromatic rings. The van der Waals surface area contributed by atoms with E-state index in [2.05, 4.69) is 58.4 Å². The van der Waals surface area contributed by atoms with Gasteiger partial charge >= 0.3 is 0 Å². The zero-order chi connectivity index (χ0) is 13.8. The zero-order valence-electron chi connectivity index (χ0n) is 11.9. The fourth-order valence-corrected chi connectivity index (χ4v) is 2.06. The average Bonchev–Trinajstić information content (AvgIpc) is 2.42. The summed E-state index contributed by atoms with van der Waals surface area (Å²) >= 11 is 0. The van der Waals surface area contributed by atoms with Crippen LogP contribution in [0, 0.1) is 13.8 Å². The molecule has 0 amide bonds. The van der Waals surface area contributed by atoms with Crippen LogP contribution < -0.4 is 10.2 Å². The molecule has 0 unspecified atom stereocenters. The van der Waals surface area contributed by atoms with Crippen LogP contribution in [0.2, 0.25) is 0 Å². The number of benzene rings is 1. The molecule has 0 aliphatic carbocycles. The van der Waals surface area contributed by atoms with Gasteiger partial charge in [0.1, 0.15) is 5.82 Å². The van der Waals surface area contributed by atoms with Crippen molar-refractivity contribution in [3.8, 4) is 0 Å². The Labute approximate surface area is 114 Å². The van der Waals surface area contributed by atoms with E-state index in [0.717, 1.165) is 17.9 Å². The monoisotopic (exact) mass is 256 g/mol. The maximum absolute atomic E-state index is 4.52. The van der Waals surface area contributed by atoms with Crippen molar-refractivity contribution in [2.75, 3.05) is 24.3 Å². The molecule has 0 saturated heterocycles. The molecule has 0 radical (unpaired) electrons. The molecule has 1 N–H and O–H groups in total. The Morgan fingerprint density at radius 2 is 1.89 bits per heavy atom. The highest BCUT2D eigenvalue weighted by Gasteiger charge is 2.09. The van der Waals surface area contributed by atoms with Crippen LogP contribution in [0.15, 0.2) is 30.5 Å². The Balaban J connectivity index is 2.25. The average molecular weight is 256 g/mol. The van der Waals surface area contributed by atoms with E-state index in [1.54, 1.807) is 0 Å². The molecular weight excluding hydrogens is 236 g/mol. The van der Waals surface area contributed by atoms with Gasteiger partial charge < -0.3 is 10.2 Å². The lowest BCUT2D eigenvalue weighted by Gasteiger charge is -2.21. The minimum Gasteiger partial charge on any atom is -0.357 e. The summed E-state index contributed by atoms with van der Waals surface area (Å²) in [5.74, 6) is 1.61. The summed E-state index contributed by atoms with van der Waals surface area (Å²) in [5, 5.41) is 2.98. The molecule has 0 fully saturated rings. The summed E-state index contributed by atoms with van der Waals surface area (Å²) in [5.41, 5.74) is 3.69. The number of anilines is 2. The molecule has 0 saturated carbocycles. The van der Waals surface area contributed by atoms with Crippen molar-refractivity contribution in [1.82, 2.24) is 9.97 Å². The minimum atomic E-state index is 0.650. The molecule has 0 spiro atoms. The van der Waals surface area contributed by atoms with E-state index in [0.29, 0.717) is 5.95 Å². The number of aromatic nitrogens is 2. The molecule has 19 heavy (non-hydrogen) atoms. The van der Waals surface area contributed by atoms with Crippen molar-refractivity contribution in [2.45, 2.75) is 20.4 Å². The van der Waals surface area contributed by atoms with Crippen LogP contribution >= 0.6 is 0 Å². The highest BCUT2D eigenvalue weighted by molar-refractivity contribution is 5.49. The third kappa shape index (κ3) is 3.02. The van der Waals surface area contributed by atoms with Crippen LogP contribution in [0.1, 0.15) is 16.7 Å². The molecule has 2 rings (SSSR count). The zero-order valence-corrected chi connectivity index (χ0v) is 11.9. The van der Waals surface area contributed by atoms with Crippen LogP contribution in [-0.4, -0.2) is 24.1 Å². The first-order valence-corrected chi connectivity index (χ1v) is 6.39. The van der Waals surface area contributed by atoms with E-state index in [1.807, 2.05) is 20.2 Å². The maximum atomic E-state index is 4.52. The predicted octanol–water partition coefficient (Wildman–Crippen LogP) is 2.77. The summed E-state index contributed by atoms with van der Waals surface area (Å²) in [6.45, 7) is 5.01. The number of nitrogens with one attached hydrogen (secondary N) is 1. The van der Waals surface area contributed by atoms with Gasteiger partial charge in [0, 0.05) is 32.4 Å². The Hall–Kier alpha value is -2.10. The molecule has 0 atom stereocenters. The number of aryl methyl sites for hydroxylation is 2. The van der Waals surface area contributed by atoms with Crippen molar-refractivity contribution < 1.29 is 0 Å². The first-order valence-electron chi connectivity index (χ1n) is 6.39. The molecule has 4 nitrogen and oxygen atoms in total. The predicted molar refractivity (Wildman–Crippen MR) is 79.6 cm³/mol. The third-order valence-corrected chi connectivity index (χ3v) is 3.20. The van der Waals surface area contributed by atoms with Crippen molar-refractivity contribution in [1.29, 1.82) is 0 Å². The lowest BCUT2D eigenvalue weighted by molar-refractivity contribution is 0.877. The maximum Gasteiger partial charge on any atom is 0.224 e. The van der Waals surface area contributed by atoms with Crippen molar-refractivity contribution in [3.63, 3.8) is 0 Å². The van der Waals surface area contributed by atoms with Crippen LogP contribution in [0.5, 0.6) is 0 Å². The van der Waals surface area contributed by atoms with Gasteiger partial charge in [-0.1, -0.05) is 24.3 Å². The second-order valence-electron chi connectivity index (χ2n) is 4.73. The van der Waals surface area contributed by atoms with E-state index >= 15 is 0 Å². The van der Waals surface area contributed by atoms with E-state index in [9.17, 15) is 0 Å². The molecular formula is C15H20N4. The van der Waals surface area contributed by atoms with Crippen molar-refractivity contribution in [2.24, 2.45) is 0 Å². The fourth-order valence-electron chi connectivity index (χ4n) is 2.06. The van der Waals surface area contributed by atoms with Crippen molar-refractivity contribution >= 4 is 11.8 Å². The van der Waals surface area contributed by atoms with E-state index in [4.69, 9.17) is 0 Å². The molecule has 0 bridgehead atoms. The number of hydrogen-bond acceptors (Lipinski definition) is 4. The first kappa shape index (κ1) is 13.3. The topological polar surface area (TPSA) is 41.1 Å². The Bertz CT molecular complexity index is 566. The van der Waals surface area contributed by atoms with E-state index in [-0.39, 0.29) is 0 Å². The summed E-state index contributed by atoms with van der Waals surface area (Å²) < 4.78 is 0. The normalized spacial score (nSPS) is 10.3. The van der Waals surface area contributed by atoms with Crippen LogP contribution in [0.3, 0.4) is 0 Å². The summed E-state index contributed by atoms with van der Waals surface area (Å²) in [6, 6.07) is 8.42. The van der Waals surface area contributed by atoms with E-state index < -0.39 is 0 Å². The molecule has 4 heteroatoms. The van der Waals surface area contributed by atoms with Gasteiger partial charge in [0.25, 0.3) is 0 Å². The largest absolute Gasteiger partial charge is 0.357 e. The van der Waals surface area contributed by atoms with Gasteiger partial charge in [-0.2, -0.15) is 4.98 Å². The minimum absolute atomic E-state index is 0.650. The lowest BCUT2D eigenvalue weighted by atomic mass is 10.1. The lowest BCUT2D eigenvalue weighted by Crippen LogP contribution is -2.20. The van der Waals surface area contributed by atoms with Gasteiger partial charge in [-0.15, -0.1) is 0 Å². The molecule has 1 heterocycles. The van der Waals surface area contributed by atoms with Gasteiger partial charge in [-0.05, 0) is 25.0 Å². The van der Waals surface area contributed by atoms with Gasteiger partial charge in [0.15, 0.2) is 0 Å². The highest BCUT2D eigenvalue weighted by Crippen LogP contribution is 2.19. The molecule has 0 aliphatic heterocycles. The SMILES string of the molecule is CNc1ncc(C)c(N(C)Cc2ccccc2C)n1. The second kappa shape index (κ2) is 5.69. The van der Waals surface area contributed by atoms with Gasteiger partial charge in [-0.3, -0.25) is 0 Å². The molecule has 1 aromatic heterocycles. The smallest absolute Gasteiger partial charge is 0.224 e. The molecule has 0 aliphatic rings. The van der Waals surface area contributed by atoms with E-state index in [1.165, 1.54) is 11.1 Å². The van der Waals surface area contributed by atoms with Crippen molar-refractivity contribution in [3.05, 3.63) is 47.2 Å². The number of hydrogen-bond donors (Lipinski definition) is 1. The highest BCUT2D eigenvalue weighted by atomic mass is 15.2. The first-order chi connectivity index (χ1) is 9.11. The standard InChI is InChI=1S/C15H20N4/c1-11-7-5-6-8-13(11)10-19(4)14-12(2)9-17-15(16-3)18-14/h5-9H,10H2,1-4H3,(H,16,17,18). The van der Waals surface area contributed by atoms with Gasteiger partial charge in [0.2, 0.25) is 5.95 Å². The Morgan fingerprint density at radius 3 is 2.58 bits per heavy atom. The number of rotatable bonds is 4. The van der Waals surface area contributed by atoms with Crippen LogP contribution in [-0.2, 0) is 6.54 Å². The summed E-state index contributed by atoms with van der Waals surface area (Å²) in [6.07, 6.45) is 1.85. The summed E-state index contributed by atoms with van der Waals surface area (Å²) in [4.78, 5) is 10.9. The number of nitrogens with zero attached hydrogens (tertiary/aromatic N) is 3. The molecule has 1 aromatic carbocycles. The Morgan fingerprint density at radius 1 is 1.16 bits per heavy atom. The quantitative estimate of drug-likeness (QED) is 0.913.